The highest BCUT2D eigenvalue weighted by Crippen LogP contribution is 2.20. The first kappa shape index (κ1) is 13.4. The Balaban J connectivity index is 3.18. The molecular formula is C10H13ClFNO2S. The van der Waals surface area contributed by atoms with Crippen molar-refractivity contribution >= 4 is 21.6 Å². The molecule has 1 aromatic rings. The molecule has 0 aliphatic rings. The summed E-state index contributed by atoms with van der Waals surface area (Å²) in [4.78, 5) is -0.396. The maximum atomic E-state index is 13.4. The van der Waals surface area contributed by atoms with Gasteiger partial charge in [0.05, 0.1) is 0 Å². The van der Waals surface area contributed by atoms with Gasteiger partial charge in [-0.3, -0.25) is 0 Å². The Morgan fingerprint density at radius 2 is 1.88 bits per heavy atom. The van der Waals surface area contributed by atoms with Crippen molar-refractivity contribution in [1.82, 2.24) is 4.72 Å². The second-order valence-corrected chi connectivity index (χ2v) is 6.52. The molecule has 1 N–H and O–H groups in total. The van der Waals surface area contributed by atoms with Crippen LogP contribution in [-0.4, -0.2) is 14.0 Å². The Kier molecular flexibility index (Phi) is 3.62. The third-order valence-electron chi connectivity index (χ3n) is 1.62. The van der Waals surface area contributed by atoms with E-state index >= 15 is 0 Å². The second-order valence-electron chi connectivity index (χ2n) is 4.43. The highest BCUT2D eigenvalue weighted by Gasteiger charge is 2.24. The predicted molar refractivity (Wildman–Crippen MR) is 61.5 cm³/mol. The van der Waals surface area contributed by atoms with Crippen molar-refractivity contribution in [2.24, 2.45) is 0 Å². The lowest BCUT2D eigenvalue weighted by molar-refractivity contribution is 0.486. The number of nitrogens with one attached hydrogen (secondary N) is 1. The first-order chi connectivity index (χ1) is 7.12. The molecule has 3 nitrogen and oxygen atoms in total. The summed E-state index contributed by atoms with van der Waals surface area (Å²) in [6, 6.07) is 3.45. The zero-order valence-electron chi connectivity index (χ0n) is 9.21. The average molecular weight is 266 g/mol. The SMILES string of the molecule is CC(C)(C)NS(=O)(=O)c1ccc(Cl)cc1F. The first-order valence-electron chi connectivity index (χ1n) is 4.61. The van der Waals surface area contributed by atoms with Crippen LogP contribution in [-0.2, 0) is 10.0 Å². The summed E-state index contributed by atoms with van der Waals surface area (Å²) in [5.74, 6) is -0.857. The summed E-state index contributed by atoms with van der Waals surface area (Å²) in [6.07, 6.45) is 0. The van der Waals surface area contributed by atoms with Crippen LogP contribution < -0.4 is 4.72 Å². The highest BCUT2D eigenvalue weighted by atomic mass is 35.5. The molecule has 0 bridgehead atoms. The Labute approximate surface area is 99.7 Å². The molecule has 1 aromatic carbocycles. The van der Waals surface area contributed by atoms with Crippen molar-refractivity contribution in [3.05, 3.63) is 29.0 Å². The number of sulfonamides is 1. The van der Waals surface area contributed by atoms with Crippen LogP contribution in [0, 0.1) is 5.82 Å². The number of benzene rings is 1. The minimum atomic E-state index is -3.85. The van der Waals surface area contributed by atoms with Crippen LogP contribution in [0.3, 0.4) is 0 Å². The average Bonchev–Trinajstić information content (AvgIpc) is 1.97. The summed E-state index contributed by atoms with van der Waals surface area (Å²) >= 11 is 5.54. The standard InChI is InChI=1S/C10H13ClFNO2S/c1-10(2,3)13-16(14,15)9-5-4-7(11)6-8(9)12/h4-6,13H,1-3H3. The Morgan fingerprint density at radius 3 is 2.31 bits per heavy atom. The largest absolute Gasteiger partial charge is 0.243 e. The zero-order valence-corrected chi connectivity index (χ0v) is 10.8. The lowest BCUT2D eigenvalue weighted by Gasteiger charge is -2.20. The molecule has 6 heteroatoms. The van der Waals surface area contributed by atoms with Crippen molar-refractivity contribution in [2.75, 3.05) is 0 Å². The van der Waals surface area contributed by atoms with Crippen molar-refractivity contribution in [2.45, 2.75) is 31.2 Å². The van der Waals surface area contributed by atoms with Crippen LogP contribution >= 0.6 is 11.6 Å². The van der Waals surface area contributed by atoms with Crippen LogP contribution in [0.4, 0.5) is 4.39 Å². The molecule has 0 spiro atoms. The summed E-state index contributed by atoms with van der Waals surface area (Å²) in [6.45, 7) is 5.04. The minimum Gasteiger partial charge on any atom is -0.207 e. The van der Waals surface area contributed by atoms with Gasteiger partial charge in [0, 0.05) is 10.6 Å². The van der Waals surface area contributed by atoms with Gasteiger partial charge in [-0.15, -0.1) is 0 Å². The predicted octanol–water partition coefficient (Wildman–Crippen LogP) is 2.56. The van der Waals surface area contributed by atoms with Crippen LogP contribution in [0.15, 0.2) is 23.1 Å². The van der Waals surface area contributed by atoms with Gasteiger partial charge < -0.3 is 0 Å². The van der Waals surface area contributed by atoms with E-state index in [1.54, 1.807) is 20.8 Å². The van der Waals surface area contributed by atoms with Gasteiger partial charge in [0.15, 0.2) is 0 Å². The molecule has 0 aliphatic heterocycles. The van der Waals surface area contributed by atoms with E-state index in [4.69, 9.17) is 11.6 Å². The van der Waals surface area contributed by atoms with Crippen molar-refractivity contribution in [1.29, 1.82) is 0 Å². The third-order valence-corrected chi connectivity index (χ3v) is 3.65. The lowest BCUT2D eigenvalue weighted by Crippen LogP contribution is -2.40. The fourth-order valence-corrected chi connectivity index (χ4v) is 2.79. The number of halogens is 2. The molecule has 0 unspecified atom stereocenters. The fraction of sp³-hybridized carbons (Fsp3) is 0.400. The number of hydrogen-bond donors (Lipinski definition) is 1. The van der Waals surface area contributed by atoms with E-state index in [0.29, 0.717) is 0 Å². The van der Waals surface area contributed by atoms with Crippen molar-refractivity contribution in [3.8, 4) is 0 Å². The Hall–Kier alpha value is -0.650. The molecule has 0 aromatic heterocycles. The van der Waals surface area contributed by atoms with Gasteiger partial charge in [-0.25, -0.2) is 17.5 Å². The highest BCUT2D eigenvalue weighted by molar-refractivity contribution is 7.89. The minimum absolute atomic E-state index is 0.159. The third kappa shape index (κ3) is 3.43. The van der Waals surface area contributed by atoms with Gasteiger partial charge in [-0.2, -0.15) is 0 Å². The number of rotatable bonds is 2. The van der Waals surface area contributed by atoms with Crippen LogP contribution in [0.5, 0.6) is 0 Å². The maximum Gasteiger partial charge on any atom is 0.243 e. The number of hydrogen-bond acceptors (Lipinski definition) is 2. The molecule has 0 saturated carbocycles. The van der Waals surface area contributed by atoms with E-state index in [-0.39, 0.29) is 5.02 Å². The molecular weight excluding hydrogens is 253 g/mol. The normalized spacial score (nSPS) is 12.8. The Bertz CT molecular complexity index is 494. The van der Waals surface area contributed by atoms with E-state index in [0.717, 1.165) is 12.1 Å². The topological polar surface area (TPSA) is 46.2 Å². The van der Waals surface area contributed by atoms with E-state index in [1.165, 1.54) is 6.07 Å². The smallest absolute Gasteiger partial charge is 0.207 e. The monoisotopic (exact) mass is 265 g/mol. The molecule has 1 rings (SSSR count). The molecule has 0 fully saturated rings. The molecule has 0 aliphatic carbocycles. The Morgan fingerprint density at radius 1 is 1.31 bits per heavy atom. The molecule has 90 valence electrons. The van der Waals surface area contributed by atoms with Gasteiger partial charge in [-0.05, 0) is 39.0 Å². The molecule has 0 radical (unpaired) electrons. The lowest BCUT2D eigenvalue weighted by atomic mass is 10.1. The summed E-state index contributed by atoms with van der Waals surface area (Å²) < 4.78 is 39.4. The quantitative estimate of drug-likeness (QED) is 0.893. The second kappa shape index (κ2) is 4.31. The van der Waals surface area contributed by atoms with Crippen LogP contribution in [0.1, 0.15) is 20.8 Å². The van der Waals surface area contributed by atoms with E-state index in [1.807, 2.05) is 0 Å². The van der Waals surface area contributed by atoms with Crippen molar-refractivity contribution in [3.63, 3.8) is 0 Å². The van der Waals surface area contributed by atoms with Crippen molar-refractivity contribution < 1.29 is 12.8 Å². The zero-order chi connectivity index (χ0) is 12.6. The van der Waals surface area contributed by atoms with Crippen LogP contribution in [0.25, 0.3) is 0 Å². The van der Waals surface area contributed by atoms with Gasteiger partial charge in [-0.1, -0.05) is 11.6 Å². The van der Waals surface area contributed by atoms with Gasteiger partial charge in [0.2, 0.25) is 10.0 Å². The molecule has 0 heterocycles. The van der Waals surface area contributed by atoms with Crippen LogP contribution in [0.2, 0.25) is 5.02 Å². The molecule has 16 heavy (non-hydrogen) atoms. The molecule has 0 atom stereocenters. The fourth-order valence-electron chi connectivity index (χ4n) is 1.15. The van der Waals surface area contributed by atoms with Gasteiger partial charge in [0.1, 0.15) is 10.7 Å². The van der Waals surface area contributed by atoms with Gasteiger partial charge in [0.25, 0.3) is 0 Å². The van der Waals surface area contributed by atoms with E-state index < -0.39 is 26.3 Å². The van der Waals surface area contributed by atoms with E-state index in [9.17, 15) is 12.8 Å². The van der Waals surface area contributed by atoms with E-state index in [2.05, 4.69) is 4.72 Å². The summed E-state index contributed by atoms with van der Waals surface area (Å²) in [5.41, 5.74) is -0.662. The molecule has 0 saturated heterocycles. The first-order valence-corrected chi connectivity index (χ1v) is 6.47. The molecule has 0 amide bonds. The maximum absolute atomic E-state index is 13.4. The summed E-state index contributed by atoms with van der Waals surface area (Å²) in [7, 11) is -3.85. The van der Waals surface area contributed by atoms with Gasteiger partial charge >= 0.3 is 0 Å². The summed E-state index contributed by atoms with van der Waals surface area (Å²) in [5, 5.41) is 0.159.